The van der Waals surface area contributed by atoms with Crippen LogP contribution in [-0.2, 0) is 0 Å². The zero-order valence-electron chi connectivity index (χ0n) is 12.2. The molecule has 1 amide bonds. The van der Waals surface area contributed by atoms with E-state index < -0.39 is 0 Å². The minimum Gasteiger partial charge on any atom is -0.337 e. The lowest BCUT2D eigenvalue weighted by Gasteiger charge is -2.16. The molecule has 4 nitrogen and oxygen atoms in total. The van der Waals surface area contributed by atoms with Crippen LogP contribution in [0.1, 0.15) is 37.0 Å². The fraction of sp³-hybridized carbons (Fsp3) is 0.188. The lowest BCUT2D eigenvalue weighted by molar-refractivity contribution is 0.0938. The molecule has 0 bridgehead atoms. The van der Waals surface area contributed by atoms with Gasteiger partial charge in [0.25, 0.3) is 5.91 Å². The van der Waals surface area contributed by atoms with Gasteiger partial charge in [0.1, 0.15) is 16.7 Å². The Balaban J connectivity index is 1.91. The molecule has 0 aliphatic rings. The van der Waals surface area contributed by atoms with E-state index in [1.54, 1.807) is 6.20 Å². The van der Waals surface area contributed by atoms with Gasteiger partial charge in [-0.2, -0.15) is 0 Å². The van der Waals surface area contributed by atoms with E-state index in [2.05, 4.69) is 15.3 Å². The van der Waals surface area contributed by atoms with Gasteiger partial charge >= 0.3 is 0 Å². The molecule has 0 radical (unpaired) electrons. The molecule has 3 aromatic rings. The molecule has 1 atom stereocenters. The van der Waals surface area contributed by atoms with E-state index in [-0.39, 0.29) is 11.9 Å². The Labute approximate surface area is 136 Å². The molecular weight excluding hydrogens is 314 g/mol. The second-order valence-corrected chi connectivity index (χ2v) is 7.16. The minimum absolute atomic E-state index is 0.161. The van der Waals surface area contributed by atoms with Crippen LogP contribution in [0.5, 0.6) is 0 Å². The third kappa shape index (κ3) is 3.08. The normalized spacial score (nSPS) is 12.1. The molecule has 1 N–H and O–H groups in total. The summed E-state index contributed by atoms with van der Waals surface area (Å²) in [6.07, 6.45) is 1.75. The van der Waals surface area contributed by atoms with Crippen LogP contribution in [0.4, 0.5) is 0 Å². The topological polar surface area (TPSA) is 54.9 Å². The average Bonchev–Trinajstić information content (AvgIpc) is 3.15. The highest BCUT2D eigenvalue weighted by Crippen LogP contribution is 2.25. The highest BCUT2D eigenvalue weighted by Gasteiger charge is 2.22. The molecule has 0 spiro atoms. The van der Waals surface area contributed by atoms with Gasteiger partial charge < -0.3 is 5.32 Å². The summed E-state index contributed by atoms with van der Waals surface area (Å²) in [6.45, 7) is 3.82. The first kappa shape index (κ1) is 14.9. The lowest BCUT2D eigenvalue weighted by atomic mass is 10.1. The number of thiazole rings is 2. The summed E-state index contributed by atoms with van der Waals surface area (Å²) in [4.78, 5) is 22.2. The molecule has 0 saturated heterocycles. The number of hydrogen-bond acceptors (Lipinski definition) is 5. The summed E-state index contributed by atoms with van der Waals surface area (Å²) in [6, 6.07) is 9.60. The fourth-order valence-corrected chi connectivity index (χ4v) is 3.78. The molecule has 3 rings (SSSR count). The first-order valence-corrected chi connectivity index (χ1v) is 8.54. The Kier molecular flexibility index (Phi) is 4.31. The number of nitrogens with one attached hydrogen (secondary N) is 1. The molecule has 112 valence electrons. The number of rotatable bonds is 4. The van der Waals surface area contributed by atoms with Gasteiger partial charge in [0.05, 0.1) is 5.01 Å². The van der Waals surface area contributed by atoms with Gasteiger partial charge in [-0.05, 0) is 19.4 Å². The third-order valence-electron chi connectivity index (χ3n) is 3.23. The van der Waals surface area contributed by atoms with Crippen molar-refractivity contribution in [2.75, 3.05) is 0 Å². The quantitative estimate of drug-likeness (QED) is 0.793. The summed E-state index contributed by atoms with van der Waals surface area (Å²) in [7, 11) is 0. The van der Waals surface area contributed by atoms with Crippen molar-refractivity contribution in [3.8, 4) is 0 Å². The van der Waals surface area contributed by atoms with Gasteiger partial charge in [0.15, 0.2) is 0 Å². The first-order chi connectivity index (χ1) is 10.6. The minimum atomic E-state index is -0.255. The maximum absolute atomic E-state index is 12.6. The Morgan fingerprint density at radius 3 is 2.59 bits per heavy atom. The van der Waals surface area contributed by atoms with E-state index in [0.717, 1.165) is 20.5 Å². The highest BCUT2D eigenvalue weighted by atomic mass is 32.1. The zero-order chi connectivity index (χ0) is 15.5. The van der Waals surface area contributed by atoms with Crippen LogP contribution in [0.25, 0.3) is 0 Å². The number of carbonyl (C=O) groups is 1. The number of benzene rings is 1. The lowest BCUT2D eigenvalue weighted by Crippen LogP contribution is -2.30. The van der Waals surface area contributed by atoms with Gasteiger partial charge in [-0.15, -0.1) is 22.7 Å². The number of amides is 1. The molecular formula is C16H15N3OS2. The van der Waals surface area contributed by atoms with Crippen LogP contribution < -0.4 is 5.32 Å². The highest BCUT2D eigenvalue weighted by molar-refractivity contribution is 7.11. The number of carbonyl (C=O) groups excluding carboxylic acids is 1. The number of aromatic nitrogens is 2. The van der Waals surface area contributed by atoms with Gasteiger partial charge in [-0.3, -0.25) is 4.79 Å². The maximum atomic E-state index is 12.6. The number of nitrogens with zero attached hydrogens (tertiary/aromatic N) is 2. The van der Waals surface area contributed by atoms with Gasteiger partial charge in [0.2, 0.25) is 0 Å². The Bertz CT molecular complexity index is 766. The van der Waals surface area contributed by atoms with E-state index in [4.69, 9.17) is 0 Å². The largest absolute Gasteiger partial charge is 0.337 e. The summed E-state index contributed by atoms with van der Waals surface area (Å²) in [5.74, 6) is -0.161. The van der Waals surface area contributed by atoms with Crippen LogP contribution in [0.2, 0.25) is 0 Å². The standard InChI is InChI=1S/C16H15N3OS2/c1-10-13(18-11(2)22-10)15(20)19-14(16-17-8-9-21-16)12-6-4-3-5-7-12/h3-9,14H,1-2H3,(H,19,20)/t14-/m1/s1. The predicted molar refractivity (Wildman–Crippen MR) is 89.5 cm³/mol. The summed E-state index contributed by atoms with van der Waals surface area (Å²) >= 11 is 3.06. The summed E-state index contributed by atoms with van der Waals surface area (Å²) in [5, 5.41) is 6.73. The predicted octanol–water partition coefficient (Wildman–Crippen LogP) is 3.74. The van der Waals surface area contributed by atoms with Crippen LogP contribution in [-0.4, -0.2) is 15.9 Å². The van der Waals surface area contributed by atoms with Crippen molar-refractivity contribution in [3.05, 3.63) is 68.1 Å². The Morgan fingerprint density at radius 2 is 2.00 bits per heavy atom. The smallest absolute Gasteiger partial charge is 0.271 e. The average molecular weight is 329 g/mol. The van der Waals surface area contributed by atoms with Gasteiger partial charge in [0, 0.05) is 16.5 Å². The zero-order valence-corrected chi connectivity index (χ0v) is 13.9. The summed E-state index contributed by atoms with van der Waals surface area (Å²) < 4.78 is 0. The van der Waals surface area contributed by atoms with E-state index in [9.17, 15) is 4.79 Å². The molecule has 2 heterocycles. The van der Waals surface area contributed by atoms with E-state index >= 15 is 0 Å². The van der Waals surface area contributed by atoms with Crippen LogP contribution in [0, 0.1) is 13.8 Å². The van der Waals surface area contributed by atoms with Crippen LogP contribution >= 0.6 is 22.7 Å². The van der Waals surface area contributed by atoms with Crippen molar-refractivity contribution in [1.29, 1.82) is 0 Å². The van der Waals surface area contributed by atoms with Crippen molar-refractivity contribution in [2.24, 2.45) is 0 Å². The summed E-state index contributed by atoms with van der Waals surface area (Å²) in [5.41, 5.74) is 1.51. The molecule has 0 fully saturated rings. The van der Waals surface area contributed by atoms with Crippen molar-refractivity contribution in [1.82, 2.24) is 15.3 Å². The third-order valence-corrected chi connectivity index (χ3v) is 4.95. The van der Waals surface area contributed by atoms with Crippen molar-refractivity contribution in [3.63, 3.8) is 0 Å². The molecule has 0 aliphatic carbocycles. The van der Waals surface area contributed by atoms with Crippen molar-refractivity contribution < 1.29 is 4.79 Å². The first-order valence-electron chi connectivity index (χ1n) is 6.84. The Morgan fingerprint density at radius 1 is 1.23 bits per heavy atom. The van der Waals surface area contributed by atoms with Crippen molar-refractivity contribution >= 4 is 28.6 Å². The second-order valence-electron chi connectivity index (χ2n) is 4.83. The molecule has 2 aromatic heterocycles. The van der Waals surface area contributed by atoms with E-state index in [1.807, 2.05) is 49.6 Å². The monoisotopic (exact) mass is 329 g/mol. The Hall–Kier alpha value is -2.05. The second kappa shape index (κ2) is 6.37. The molecule has 6 heteroatoms. The maximum Gasteiger partial charge on any atom is 0.271 e. The van der Waals surface area contributed by atoms with E-state index in [0.29, 0.717) is 5.69 Å². The number of hydrogen-bond donors (Lipinski definition) is 1. The van der Waals surface area contributed by atoms with E-state index in [1.165, 1.54) is 22.7 Å². The van der Waals surface area contributed by atoms with Crippen molar-refractivity contribution in [2.45, 2.75) is 19.9 Å². The molecule has 22 heavy (non-hydrogen) atoms. The van der Waals surface area contributed by atoms with Crippen LogP contribution in [0.3, 0.4) is 0 Å². The van der Waals surface area contributed by atoms with Gasteiger partial charge in [-0.25, -0.2) is 9.97 Å². The van der Waals surface area contributed by atoms with Gasteiger partial charge in [-0.1, -0.05) is 30.3 Å². The molecule has 0 saturated carbocycles. The SMILES string of the molecule is Cc1nc(C(=O)N[C@H](c2ccccc2)c2nccs2)c(C)s1. The fourth-order valence-electron chi connectivity index (χ4n) is 2.25. The molecule has 1 aromatic carbocycles. The number of aryl methyl sites for hydroxylation is 2. The van der Waals surface area contributed by atoms with Crippen LogP contribution in [0.15, 0.2) is 41.9 Å². The molecule has 0 unspecified atom stereocenters. The molecule has 0 aliphatic heterocycles.